The first-order chi connectivity index (χ1) is 11.8. The highest BCUT2D eigenvalue weighted by atomic mass is 32.2. The third-order valence-corrected chi connectivity index (χ3v) is 6.25. The standard InChI is InChI=1S/C16H24N2O6S/c1-17(2)25(20,21)18-7-6-11-8-14(22-3)15(23-4)9-12(11)13(18)10-16(19)24-5/h8-9,13H,6-7,10H2,1-5H3. The first-order valence-corrected chi connectivity index (χ1v) is 9.16. The molecule has 8 nitrogen and oxygen atoms in total. The molecule has 0 saturated carbocycles. The summed E-state index contributed by atoms with van der Waals surface area (Å²) >= 11 is 0. The molecule has 9 heteroatoms. The van der Waals surface area contributed by atoms with Gasteiger partial charge < -0.3 is 14.2 Å². The molecule has 0 fully saturated rings. The summed E-state index contributed by atoms with van der Waals surface area (Å²) in [7, 11) is 3.58. The molecule has 1 heterocycles. The molecule has 1 aromatic carbocycles. The van der Waals surface area contributed by atoms with E-state index in [-0.39, 0.29) is 13.0 Å². The molecule has 1 unspecified atom stereocenters. The number of ether oxygens (including phenoxy) is 3. The highest BCUT2D eigenvalue weighted by Crippen LogP contribution is 2.40. The molecule has 25 heavy (non-hydrogen) atoms. The molecule has 0 spiro atoms. The van der Waals surface area contributed by atoms with Crippen LogP contribution in [0, 0.1) is 0 Å². The zero-order valence-electron chi connectivity index (χ0n) is 15.1. The smallest absolute Gasteiger partial charge is 0.307 e. The Morgan fingerprint density at radius 3 is 2.32 bits per heavy atom. The van der Waals surface area contributed by atoms with Crippen LogP contribution >= 0.6 is 0 Å². The lowest BCUT2D eigenvalue weighted by Gasteiger charge is -2.37. The maximum Gasteiger partial charge on any atom is 0.307 e. The minimum Gasteiger partial charge on any atom is -0.493 e. The van der Waals surface area contributed by atoms with E-state index < -0.39 is 22.2 Å². The van der Waals surface area contributed by atoms with Crippen LogP contribution in [0.4, 0.5) is 0 Å². The van der Waals surface area contributed by atoms with Crippen LogP contribution in [-0.2, 0) is 26.2 Å². The van der Waals surface area contributed by atoms with Gasteiger partial charge in [0.2, 0.25) is 0 Å². The number of hydrogen-bond acceptors (Lipinski definition) is 6. The summed E-state index contributed by atoms with van der Waals surface area (Å²) in [4.78, 5) is 11.9. The number of hydrogen-bond donors (Lipinski definition) is 0. The maximum absolute atomic E-state index is 12.7. The summed E-state index contributed by atoms with van der Waals surface area (Å²) in [5, 5.41) is 0. The number of benzene rings is 1. The molecule has 140 valence electrons. The molecule has 1 atom stereocenters. The fourth-order valence-corrected chi connectivity index (χ4v) is 4.20. The second-order valence-electron chi connectivity index (χ2n) is 5.85. The van der Waals surface area contributed by atoms with Crippen LogP contribution in [0.25, 0.3) is 0 Å². The molecular formula is C16H24N2O6S. The number of rotatable bonds is 6. The number of carbonyl (C=O) groups excluding carboxylic acids is 1. The summed E-state index contributed by atoms with van der Waals surface area (Å²) in [5.41, 5.74) is 1.65. The van der Waals surface area contributed by atoms with Crippen molar-refractivity contribution in [3.63, 3.8) is 0 Å². The van der Waals surface area contributed by atoms with E-state index in [1.165, 1.54) is 32.6 Å². The van der Waals surface area contributed by atoms with E-state index in [1.54, 1.807) is 13.2 Å². The van der Waals surface area contributed by atoms with Gasteiger partial charge in [0.1, 0.15) is 0 Å². The van der Waals surface area contributed by atoms with Crippen molar-refractivity contribution < 1.29 is 27.4 Å². The molecule has 1 aromatic rings. The largest absolute Gasteiger partial charge is 0.493 e. The molecule has 0 saturated heterocycles. The Morgan fingerprint density at radius 2 is 1.80 bits per heavy atom. The monoisotopic (exact) mass is 372 g/mol. The van der Waals surface area contributed by atoms with E-state index in [2.05, 4.69) is 0 Å². The average Bonchev–Trinajstić information content (AvgIpc) is 2.60. The number of nitrogens with zero attached hydrogens (tertiary/aromatic N) is 2. The van der Waals surface area contributed by atoms with Gasteiger partial charge >= 0.3 is 5.97 Å². The van der Waals surface area contributed by atoms with Crippen molar-refractivity contribution >= 4 is 16.2 Å². The van der Waals surface area contributed by atoms with Gasteiger partial charge in [0.25, 0.3) is 10.2 Å². The molecule has 2 rings (SSSR count). The van der Waals surface area contributed by atoms with E-state index in [1.807, 2.05) is 6.07 Å². The molecule has 0 aliphatic carbocycles. The lowest BCUT2D eigenvalue weighted by Crippen LogP contribution is -2.46. The second kappa shape index (κ2) is 7.59. The predicted molar refractivity (Wildman–Crippen MR) is 91.9 cm³/mol. The van der Waals surface area contributed by atoms with Gasteiger partial charge in [-0.2, -0.15) is 17.0 Å². The summed E-state index contributed by atoms with van der Waals surface area (Å²) < 4.78 is 43.3. The number of carbonyl (C=O) groups is 1. The van der Waals surface area contributed by atoms with Gasteiger partial charge in [0, 0.05) is 20.6 Å². The predicted octanol–water partition coefficient (Wildman–Crippen LogP) is 0.972. The van der Waals surface area contributed by atoms with Crippen molar-refractivity contribution in [3.8, 4) is 11.5 Å². The van der Waals surface area contributed by atoms with Crippen LogP contribution in [0.15, 0.2) is 12.1 Å². The fourth-order valence-electron chi connectivity index (χ4n) is 2.94. The molecule has 0 bridgehead atoms. The SMILES string of the molecule is COC(=O)CC1c2cc(OC)c(OC)cc2CCN1S(=O)(=O)N(C)C. The Kier molecular flexibility index (Phi) is 5.91. The van der Waals surface area contributed by atoms with Crippen LogP contribution < -0.4 is 9.47 Å². The normalized spacial score (nSPS) is 17.9. The van der Waals surface area contributed by atoms with Gasteiger partial charge in [0.15, 0.2) is 11.5 Å². The van der Waals surface area contributed by atoms with E-state index in [9.17, 15) is 13.2 Å². The third-order valence-electron chi connectivity index (χ3n) is 4.30. The van der Waals surface area contributed by atoms with Gasteiger partial charge in [-0.1, -0.05) is 0 Å². The molecule has 0 amide bonds. The second-order valence-corrected chi connectivity index (χ2v) is 7.95. The highest BCUT2D eigenvalue weighted by Gasteiger charge is 2.38. The van der Waals surface area contributed by atoms with E-state index in [0.29, 0.717) is 17.9 Å². The lowest BCUT2D eigenvalue weighted by atomic mass is 9.91. The van der Waals surface area contributed by atoms with E-state index >= 15 is 0 Å². The Balaban J connectivity index is 2.57. The molecule has 0 radical (unpaired) electrons. The van der Waals surface area contributed by atoms with Gasteiger partial charge in [-0.3, -0.25) is 4.79 Å². The molecule has 1 aliphatic rings. The van der Waals surface area contributed by atoms with E-state index in [0.717, 1.165) is 15.4 Å². The third kappa shape index (κ3) is 3.73. The zero-order valence-corrected chi connectivity index (χ0v) is 15.9. The van der Waals surface area contributed by atoms with Gasteiger partial charge in [0.05, 0.1) is 33.8 Å². The lowest BCUT2D eigenvalue weighted by molar-refractivity contribution is -0.141. The average molecular weight is 372 g/mol. The number of fused-ring (bicyclic) bond motifs is 1. The summed E-state index contributed by atoms with van der Waals surface area (Å²) in [6.07, 6.45) is 0.437. The van der Waals surface area contributed by atoms with Crippen molar-refractivity contribution in [3.05, 3.63) is 23.3 Å². The molecule has 0 N–H and O–H groups in total. The van der Waals surface area contributed by atoms with Crippen molar-refractivity contribution in [2.24, 2.45) is 0 Å². The molecule has 1 aliphatic heterocycles. The summed E-state index contributed by atoms with van der Waals surface area (Å²) in [6.45, 7) is 0.269. The summed E-state index contributed by atoms with van der Waals surface area (Å²) in [6, 6.07) is 2.90. The van der Waals surface area contributed by atoms with Crippen LogP contribution in [-0.4, -0.2) is 65.0 Å². The van der Waals surface area contributed by atoms with Crippen molar-refractivity contribution in [2.45, 2.75) is 18.9 Å². The van der Waals surface area contributed by atoms with Crippen molar-refractivity contribution in [1.29, 1.82) is 0 Å². The minimum atomic E-state index is -3.69. The van der Waals surface area contributed by atoms with Gasteiger partial charge in [-0.25, -0.2) is 0 Å². The van der Waals surface area contributed by atoms with Crippen LogP contribution in [0.2, 0.25) is 0 Å². The first-order valence-electron chi connectivity index (χ1n) is 7.77. The maximum atomic E-state index is 12.7. The minimum absolute atomic E-state index is 0.0773. The van der Waals surface area contributed by atoms with Gasteiger partial charge in [-0.05, 0) is 29.7 Å². The van der Waals surface area contributed by atoms with Crippen LogP contribution in [0.3, 0.4) is 0 Å². The molecular weight excluding hydrogens is 348 g/mol. The van der Waals surface area contributed by atoms with Crippen molar-refractivity contribution in [1.82, 2.24) is 8.61 Å². The Hall–Kier alpha value is -1.84. The molecule has 0 aromatic heterocycles. The Bertz CT molecular complexity index is 747. The van der Waals surface area contributed by atoms with Crippen LogP contribution in [0.1, 0.15) is 23.6 Å². The highest BCUT2D eigenvalue weighted by molar-refractivity contribution is 7.86. The van der Waals surface area contributed by atoms with E-state index in [4.69, 9.17) is 14.2 Å². The topological polar surface area (TPSA) is 85.4 Å². The van der Waals surface area contributed by atoms with Crippen molar-refractivity contribution in [2.75, 3.05) is 42.0 Å². The zero-order chi connectivity index (χ0) is 18.8. The summed E-state index contributed by atoms with van der Waals surface area (Å²) in [5.74, 6) is 0.578. The quantitative estimate of drug-likeness (QED) is 0.692. The Morgan fingerprint density at radius 1 is 1.20 bits per heavy atom. The fraction of sp³-hybridized carbons (Fsp3) is 0.562. The van der Waals surface area contributed by atoms with Gasteiger partial charge in [-0.15, -0.1) is 0 Å². The number of esters is 1. The Labute approximate surface area is 148 Å². The number of methoxy groups -OCH3 is 3. The first kappa shape index (κ1) is 19.5. The van der Waals surface area contributed by atoms with Crippen LogP contribution in [0.5, 0.6) is 11.5 Å².